The monoisotopic (exact) mass is 301 g/mol. The zero-order valence-electron chi connectivity index (χ0n) is 9.45. The van der Waals surface area contributed by atoms with Gasteiger partial charge in [0, 0.05) is 0 Å². The molecule has 0 atom stereocenters. The van der Waals surface area contributed by atoms with Crippen LogP contribution in [0.15, 0.2) is 18.2 Å². The van der Waals surface area contributed by atoms with Crippen LogP contribution < -0.4 is 10.1 Å². The molecule has 1 N–H and O–H groups in total. The Bertz CT molecular complexity index is 433. The van der Waals surface area contributed by atoms with Crippen LogP contribution in [0.2, 0.25) is 0 Å². The molecule has 1 amide bonds. The van der Waals surface area contributed by atoms with E-state index in [9.17, 15) is 9.59 Å². The molecule has 0 aromatic heterocycles. The van der Waals surface area contributed by atoms with Crippen molar-refractivity contribution in [2.24, 2.45) is 0 Å². The molecule has 6 heteroatoms. The van der Waals surface area contributed by atoms with E-state index in [0.717, 1.165) is 0 Å². The molecule has 5 nitrogen and oxygen atoms in total. The second-order valence-electron chi connectivity index (χ2n) is 3.09. The lowest BCUT2D eigenvalue weighted by Crippen LogP contribution is -2.14. The van der Waals surface area contributed by atoms with Gasteiger partial charge in [-0.3, -0.25) is 4.79 Å². The molecule has 0 unspecified atom stereocenters. The number of esters is 1. The van der Waals surface area contributed by atoms with Crippen LogP contribution in [0.1, 0.15) is 10.4 Å². The molecule has 0 heterocycles. The van der Waals surface area contributed by atoms with E-state index < -0.39 is 5.97 Å². The molecule has 17 heavy (non-hydrogen) atoms. The SMILES string of the molecule is COC(=O)c1ccc(OC)c(NC(=O)CBr)c1. The van der Waals surface area contributed by atoms with Gasteiger partial charge < -0.3 is 14.8 Å². The zero-order valence-corrected chi connectivity index (χ0v) is 11.0. The van der Waals surface area contributed by atoms with E-state index in [1.807, 2.05) is 0 Å². The first-order valence-electron chi connectivity index (χ1n) is 4.74. The van der Waals surface area contributed by atoms with Crippen LogP contribution >= 0.6 is 15.9 Å². The predicted molar refractivity (Wildman–Crippen MR) is 66.8 cm³/mol. The predicted octanol–water partition coefficient (Wildman–Crippen LogP) is 1.82. The minimum Gasteiger partial charge on any atom is -0.495 e. The fourth-order valence-corrected chi connectivity index (χ4v) is 1.37. The molecular weight excluding hydrogens is 290 g/mol. The quantitative estimate of drug-likeness (QED) is 0.680. The summed E-state index contributed by atoms with van der Waals surface area (Å²) in [4.78, 5) is 22.6. The van der Waals surface area contributed by atoms with Gasteiger partial charge in [0.2, 0.25) is 5.91 Å². The van der Waals surface area contributed by atoms with Gasteiger partial charge in [0.25, 0.3) is 0 Å². The number of nitrogens with one attached hydrogen (secondary N) is 1. The Labute approximate surface area is 107 Å². The third-order valence-corrected chi connectivity index (χ3v) is 2.53. The van der Waals surface area contributed by atoms with E-state index in [1.165, 1.54) is 20.3 Å². The highest BCUT2D eigenvalue weighted by Gasteiger charge is 2.11. The van der Waals surface area contributed by atoms with E-state index in [-0.39, 0.29) is 11.2 Å². The van der Waals surface area contributed by atoms with Crippen molar-refractivity contribution in [2.75, 3.05) is 24.9 Å². The summed E-state index contributed by atoms with van der Waals surface area (Å²) in [5.41, 5.74) is 0.776. The molecule has 1 aromatic rings. The highest BCUT2D eigenvalue weighted by atomic mass is 79.9. The number of hydrogen-bond acceptors (Lipinski definition) is 4. The fourth-order valence-electron chi connectivity index (χ4n) is 1.23. The van der Waals surface area contributed by atoms with Crippen LogP contribution in [0.3, 0.4) is 0 Å². The molecule has 0 aliphatic heterocycles. The molecule has 92 valence electrons. The fraction of sp³-hybridized carbons (Fsp3) is 0.273. The summed E-state index contributed by atoms with van der Waals surface area (Å²) in [6, 6.07) is 4.66. The summed E-state index contributed by atoms with van der Waals surface area (Å²) < 4.78 is 9.67. The number of methoxy groups -OCH3 is 2. The first-order valence-corrected chi connectivity index (χ1v) is 5.86. The molecule has 1 rings (SSSR count). The number of rotatable bonds is 4. The zero-order chi connectivity index (χ0) is 12.8. The van der Waals surface area contributed by atoms with Gasteiger partial charge in [-0.1, -0.05) is 15.9 Å². The van der Waals surface area contributed by atoms with E-state index in [2.05, 4.69) is 26.0 Å². The Morgan fingerprint density at radius 3 is 2.59 bits per heavy atom. The Morgan fingerprint density at radius 2 is 2.06 bits per heavy atom. The van der Waals surface area contributed by atoms with Crippen molar-refractivity contribution in [3.63, 3.8) is 0 Å². The van der Waals surface area contributed by atoms with Crippen LogP contribution in [0.25, 0.3) is 0 Å². The highest BCUT2D eigenvalue weighted by Crippen LogP contribution is 2.25. The van der Waals surface area contributed by atoms with Gasteiger partial charge in [0.05, 0.1) is 30.8 Å². The number of ether oxygens (including phenoxy) is 2. The molecule has 0 spiro atoms. The number of alkyl halides is 1. The van der Waals surface area contributed by atoms with Gasteiger partial charge in [-0.15, -0.1) is 0 Å². The third kappa shape index (κ3) is 3.45. The molecule has 0 fully saturated rings. The smallest absolute Gasteiger partial charge is 0.337 e. The summed E-state index contributed by atoms with van der Waals surface area (Å²) in [6.45, 7) is 0. The average Bonchev–Trinajstić information content (AvgIpc) is 2.37. The highest BCUT2D eigenvalue weighted by molar-refractivity contribution is 9.09. The maximum Gasteiger partial charge on any atom is 0.337 e. The first kappa shape index (κ1) is 13.5. The van der Waals surface area contributed by atoms with Gasteiger partial charge in [-0.25, -0.2) is 4.79 Å². The Morgan fingerprint density at radius 1 is 1.35 bits per heavy atom. The average molecular weight is 302 g/mol. The van der Waals surface area contributed by atoms with Gasteiger partial charge in [0.1, 0.15) is 5.75 Å². The third-order valence-electron chi connectivity index (χ3n) is 2.02. The number of amides is 1. The van der Waals surface area contributed by atoms with E-state index in [0.29, 0.717) is 17.0 Å². The van der Waals surface area contributed by atoms with Crippen molar-refractivity contribution in [1.82, 2.24) is 0 Å². The van der Waals surface area contributed by atoms with Crippen molar-refractivity contribution in [3.8, 4) is 5.75 Å². The molecular formula is C11H12BrNO4. The summed E-state index contributed by atoms with van der Waals surface area (Å²) in [6.07, 6.45) is 0. The molecule has 0 saturated carbocycles. The minimum atomic E-state index is -0.470. The summed E-state index contributed by atoms with van der Waals surface area (Å²) in [7, 11) is 2.78. The van der Waals surface area contributed by atoms with Crippen LogP contribution in [-0.2, 0) is 9.53 Å². The second kappa shape index (κ2) is 6.24. The number of halogens is 1. The van der Waals surface area contributed by atoms with Gasteiger partial charge in [0.15, 0.2) is 0 Å². The normalized spacial score (nSPS) is 9.59. The molecule has 0 saturated heterocycles. The number of benzene rings is 1. The van der Waals surface area contributed by atoms with Gasteiger partial charge in [-0.2, -0.15) is 0 Å². The van der Waals surface area contributed by atoms with Crippen LogP contribution in [-0.4, -0.2) is 31.4 Å². The molecule has 0 bridgehead atoms. The topological polar surface area (TPSA) is 64.6 Å². The summed E-state index contributed by atoms with van der Waals surface area (Å²) in [5.74, 6) is -0.223. The molecule has 0 aliphatic rings. The Hall–Kier alpha value is -1.56. The lowest BCUT2D eigenvalue weighted by Gasteiger charge is -2.10. The Kier molecular flexibility index (Phi) is 4.96. The first-order chi connectivity index (χ1) is 8.12. The number of carbonyl (C=O) groups is 2. The van der Waals surface area contributed by atoms with Gasteiger partial charge >= 0.3 is 5.97 Å². The van der Waals surface area contributed by atoms with Crippen molar-refractivity contribution in [2.45, 2.75) is 0 Å². The van der Waals surface area contributed by atoms with E-state index >= 15 is 0 Å². The number of carbonyl (C=O) groups excluding carboxylic acids is 2. The number of hydrogen-bond donors (Lipinski definition) is 1. The second-order valence-corrected chi connectivity index (χ2v) is 3.65. The lowest BCUT2D eigenvalue weighted by atomic mass is 10.2. The van der Waals surface area contributed by atoms with Gasteiger partial charge in [-0.05, 0) is 18.2 Å². The maximum absolute atomic E-state index is 11.3. The molecule has 0 aliphatic carbocycles. The lowest BCUT2D eigenvalue weighted by molar-refractivity contribution is -0.113. The van der Waals surface area contributed by atoms with Crippen LogP contribution in [0.5, 0.6) is 5.75 Å². The minimum absolute atomic E-state index is 0.165. The van der Waals surface area contributed by atoms with Crippen molar-refractivity contribution in [3.05, 3.63) is 23.8 Å². The summed E-state index contributed by atoms with van der Waals surface area (Å²) in [5, 5.41) is 2.78. The van der Waals surface area contributed by atoms with E-state index in [1.54, 1.807) is 12.1 Å². The molecule has 0 radical (unpaired) electrons. The van der Waals surface area contributed by atoms with Crippen LogP contribution in [0.4, 0.5) is 5.69 Å². The standard InChI is InChI=1S/C11H12BrNO4/c1-16-9-4-3-7(11(15)17-2)5-8(9)13-10(14)6-12/h3-5H,6H2,1-2H3,(H,13,14). The van der Waals surface area contributed by atoms with Crippen molar-refractivity contribution >= 4 is 33.5 Å². The summed E-state index contributed by atoms with van der Waals surface area (Å²) >= 11 is 3.04. The van der Waals surface area contributed by atoms with Crippen LogP contribution in [0, 0.1) is 0 Å². The van der Waals surface area contributed by atoms with Crippen molar-refractivity contribution in [1.29, 1.82) is 0 Å². The number of anilines is 1. The Balaban J connectivity index is 3.06. The largest absolute Gasteiger partial charge is 0.495 e. The molecule has 1 aromatic carbocycles. The van der Waals surface area contributed by atoms with Crippen molar-refractivity contribution < 1.29 is 19.1 Å². The maximum atomic E-state index is 11.3. The van der Waals surface area contributed by atoms with E-state index in [4.69, 9.17) is 4.74 Å².